The number of nitrogens with zero attached hydrogens (tertiary/aromatic N) is 3. The van der Waals surface area contributed by atoms with Crippen molar-refractivity contribution in [1.82, 2.24) is 20.5 Å². The molecule has 0 unspecified atom stereocenters. The summed E-state index contributed by atoms with van der Waals surface area (Å²) in [5.41, 5.74) is 4.54. The third kappa shape index (κ3) is 4.09. The van der Waals surface area contributed by atoms with Crippen LogP contribution < -0.4 is 5.32 Å². The van der Waals surface area contributed by atoms with Crippen LogP contribution in [0.4, 0.5) is 0 Å². The van der Waals surface area contributed by atoms with Gasteiger partial charge in [-0.3, -0.25) is 4.79 Å². The second kappa shape index (κ2) is 8.24. The van der Waals surface area contributed by atoms with E-state index in [1.807, 2.05) is 13.0 Å². The zero-order chi connectivity index (χ0) is 23.2. The van der Waals surface area contributed by atoms with E-state index >= 15 is 0 Å². The number of β-amino-alcohol motifs (C(OH)–C–C–N with tert-alkyl or cyclic N) is 1. The van der Waals surface area contributed by atoms with Gasteiger partial charge in [-0.05, 0) is 72.4 Å². The third-order valence-electron chi connectivity index (χ3n) is 6.89. The number of benzene rings is 2. The summed E-state index contributed by atoms with van der Waals surface area (Å²) >= 11 is 0. The molecule has 2 aliphatic heterocycles. The lowest BCUT2D eigenvalue weighted by Gasteiger charge is -2.40. The lowest BCUT2D eigenvalue weighted by molar-refractivity contribution is 0.0534. The van der Waals surface area contributed by atoms with Gasteiger partial charge in [0.2, 0.25) is 0 Å². The van der Waals surface area contributed by atoms with Crippen LogP contribution in [-0.4, -0.2) is 57.4 Å². The van der Waals surface area contributed by atoms with Crippen LogP contribution in [0.3, 0.4) is 0 Å². The first kappa shape index (κ1) is 21.5. The molecule has 172 valence electrons. The van der Waals surface area contributed by atoms with Crippen LogP contribution in [0.5, 0.6) is 0 Å². The Bertz CT molecular complexity index is 1230. The molecule has 0 spiro atoms. The van der Waals surface area contributed by atoms with Gasteiger partial charge in [0.15, 0.2) is 0 Å². The number of hydrogen-bond donors (Lipinski definition) is 2. The summed E-state index contributed by atoms with van der Waals surface area (Å²) in [6.07, 6.45) is 0.878. The number of cyclic esters (lactones) is 1. The van der Waals surface area contributed by atoms with Gasteiger partial charge in [0.05, 0.1) is 11.7 Å². The van der Waals surface area contributed by atoms with Crippen molar-refractivity contribution in [2.24, 2.45) is 0 Å². The van der Waals surface area contributed by atoms with Gasteiger partial charge in [-0.25, -0.2) is 9.42 Å². The van der Waals surface area contributed by atoms with Crippen molar-refractivity contribution in [3.05, 3.63) is 58.1 Å². The fourth-order valence-corrected chi connectivity index (χ4v) is 4.70. The minimum atomic E-state index is -0.659. The van der Waals surface area contributed by atoms with E-state index in [1.54, 1.807) is 24.3 Å². The Morgan fingerprint density at radius 1 is 1.21 bits per heavy atom. The number of likely N-dealkylation sites (tertiary alicyclic amines) is 1. The smallest absolute Gasteiger partial charge is 0.338 e. The van der Waals surface area contributed by atoms with E-state index in [0.29, 0.717) is 28.7 Å². The van der Waals surface area contributed by atoms with Gasteiger partial charge in [-0.2, -0.15) is 0 Å². The molecule has 2 aliphatic rings. The number of carbonyl (C=O) groups excluding carboxylic acids is 2. The van der Waals surface area contributed by atoms with Gasteiger partial charge in [-0.15, -0.1) is 0 Å². The van der Waals surface area contributed by atoms with Crippen molar-refractivity contribution < 1.29 is 24.1 Å². The highest BCUT2D eigenvalue weighted by Crippen LogP contribution is 2.30. The summed E-state index contributed by atoms with van der Waals surface area (Å²) in [7, 11) is 0. The third-order valence-corrected chi connectivity index (χ3v) is 6.89. The van der Waals surface area contributed by atoms with Crippen LogP contribution in [0.2, 0.25) is 0 Å². The fourth-order valence-electron chi connectivity index (χ4n) is 4.70. The van der Waals surface area contributed by atoms with Crippen molar-refractivity contribution in [3.63, 3.8) is 0 Å². The minimum Gasteiger partial charge on any atom is -0.457 e. The Morgan fingerprint density at radius 3 is 2.76 bits per heavy atom. The Morgan fingerprint density at radius 2 is 1.97 bits per heavy atom. The highest BCUT2D eigenvalue weighted by atomic mass is 16.6. The van der Waals surface area contributed by atoms with Crippen molar-refractivity contribution in [1.29, 1.82) is 0 Å². The molecule has 9 heteroatoms. The number of rotatable bonds is 5. The molecule has 3 heterocycles. The highest BCUT2D eigenvalue weighted by molar-refractivity contribution is 5.97. The predicted molar refractivity (Wildman–Crippen MR) is 119 cm³/mol. The van der Waals surface area contributed by atoms with Gasteiger partial charge in [-0.1, -0.05) is 6.07 Å². The molecule has 0 radical (unpaired) electrons. The average molecular weight is 450 g/mol. The fraction of sp³-hybridized carbons (Fsp3) is 0.417. The molecule has 1 aromatic heterocycles. The van der Waals surface area contributed by atoms with Gasteiger partial charge in [0.25, 0.3) is 5.91 Å². The lowest BCUT2D eigenvalue weighted by Crippen LogP contribution is -2.53. The summed E-state index contributed by atoms with van der Waals surface area (Å²) < 4.78 is 9.82. The van der Waals surface area contributed by atoms with Crippen LogP contribution in [0, 0.1) is 6.92 Å². The number of nitrogens with one attached hydrogen (secondary N) is 1. The van der Waals surface area contributed by atoms with E-state index in [2.05, 4.69) is 27.5 Å². The zero-order valence-corrected chi connectivity index (χ0v) is 18.6. The van der Waals surface area contributed by atoms with Crippen molar-refractivity contribution in [2.75, 3.05) is 19.6 Å². The topological polar surface area (TPSA) is 118 Å². The number of fused-ring (bicyclic) bond motifs is 2. The summed E-state index contributed by atoms with van der Waals surface area (Å²) in [6.45, 7) is 6.25. The standard InChI is InChI=1S/C24H26N4O5/c1-14-16(4-5-17-18(14)13-32-23(17)31)21(29)12-28-9-7-24(2,8-10-28)25-22(30)15-3-6-19-20(11-15)27-33-26-19/h3-6,11,21,29H,7-10,12-13H2,1-2H3,(H,25,30)/t21-/m0/s1. The molecule has 1 fully saturated rings. The van der Waals surface area contributed by atoms with Crippen LogP contribution in [0.15, 0.2) is 35.0 Å². The first-order valence-corrected chi connectivity index (χ1v) is 11.1. The number of ether oxygens (including phenoxy) is 1. The Kier molecular flexibility index (Phi) is 5.38. The number of carbonyl (C=O) groups is 2. The number of piperidine rings is 1. The summed E-state index contributed by atoms with van der Waals surface area (Å²) in [6, 6.07) is 8.67. The van der Waals surface area contributed by atoms with Crippen LogP contribution in [0.25, 0.3) is 11.0 Å². The molecule has 9 nitrogen and oxygen atoms in total. The number of hydrogen-bond acceptors (Lipinski definition) is 8. The Labute approximate surface area is 190 Å². The first-order chi connectivity index (χ1) is 15.8. The van der Waals surface area contributed by atoms with Gasteiger partial charge >= 0.3 is 5.97 Å². The van der Waals surface area contributed by atoms with E-state index in [0.717, 1.165) is 42.6 Å². The molecule has 1 atom stereocenters. The molecular weight excluding hydrogens is 424 g/mol. The maximum absolute atomic E-state index is 12.8. The van der Waals surface area contributed by atoms with Gasteiger partial charge in [0, 0.05) is 36.3 Å². The zero-order valence-electron chi connectivity index (χ0n) is 18.6. The van der Waals surface area contributed by atoms with E-state index in [1.165, 1.54) is 0 Å². The molecule has 1 saturated heterocycles. The number of esters is 1. The predicted octanol–water partition coefficient (Wildman–Crippen LogP) is 2.52. The first-order valence-electron chi connectivity index (χ1n) is 11.1. The average Bonchev–Trinajstić information content (AvgIpc) is 3.42. The highest BCUT2D eigenvalue weighted by Gasteiger charge is 2.33. The molecule has 33 heavy (non-hydrogen) atoms. The molecule has 3 aromatic rings. The molecule has 1 amide bonds. The van der Waals surface area contributed by atoms with Crippen molar-refractivity contribution in [3.8, 4) is 0 Å². The number of aliphatic hydroxyl groups excluding tert-OH is 1. The molecule has 2 N–H and O–H groups in total. The number of aromatic nitrogens is 2. The van der Waals surface area contributed by atoms with Crippen LogP contribution in [0.1, 0.15) is 63.3 Å². The van der Waals surface area contributed by atoms with Crippen LogP contribution in [-0.2, 0) is 11.3 Å². The molecule has 0 bridgehead atoms. The lowest BCUT2D eigenvalue weighted by atomic mass is 9.88. The van der Waals surface area contributed by atoms with E-state index in [4.69, 9.17) is 9.37 Å². The SMILES string of the molecule is Cc1c([C@@H](O)CN2CCC(C)(NC(=O)c3ccc4nonc4c3)CC2)ccc2c1COC2=O. The summed E-state index contributed by atoms with van der Waals surface area (Å²) in [5, 5.41) is 21.6. The quantitative estimate of drug-likeness (QED) is 0.570. The largest absolute Gasteiger partial charge is 0.457 e. The van der Waals surface area contributed by atoms with E-state index in [-0.39, 0.29) is 24.0 Å². The maximum Gasteiger partial charge on any atom is 0.338 e. The monoisotopic (exact) mass is 450 g/mol. The molecule has 0 saturated carbocycles. The number of amides is 1. The molecule has 0 aliphatic carbocycles. The summed E-state index contributed by atoms with van der Waals surface area (Å²) in [4.78, 5) is 26.8. The normalized spacial score (nSPS) is 18.7. The Hall–Kier alpha value is -3.30. The molecule has 5 rings (SSSR count). The van der Waals surface area contributed by atoms with Gasteiger partial charge in [0.1, 0.15) is 17.6 Å². The number of aliphatic hydroxyl groups is 1. The van der Waals surface area contributed by atoms with Crippen LogP contribution >= 0.6 is 0 Å². The van der Waals surface area contributed by atoms with E-state index in [9.17, 15) is 14.7 Å². The second-order valence-corrected chi connectivity index (χ2v) is 9.18. The Balaban J connectivity index is 1.19. The van der Waals surface area contributed by atoms with E-state index < -0.39 is 6.10 Å². The van der Waals surface area contributed by atoms with Crippen molar-refractivity contribution >= 4 is 22.9 Å². The minimum absolute atomic E-state index is 0.151. The van der Waals surface area contributed by atoms with Gasteiger partial charge < -0.3 is 20.1 Å². The summed E-state index contributed by atoms with van der Waals surface area (Å²) in [5.74, 6) is -0.453. The maximum atomic E-state index is 12.8. The van der Waals surface area contributed by atoms with Crippen molar-refractivity contribution in [2.45, 2.75) is 44.9 Å². The molecular formula is C24H26N4O5. The molecule has 2 aromatic carbocycles. The second-order valence-electron chi connectivity index (χ2n) is 9.18.